The van der Waals surface area contributed by atoms with Crippen LogP contribution >= 0.6 is 0 Å². The van der Waals surface area contributed by atoms with Crippen LogP contribution in [-0.4, -0.2) is 7.11 Å². The third-order valence-corrected chi connectivity index (χ3v) is 0. The van der Waals surface area contributed by atoms with Gasteiger partial charge in [-0.25, -0.2) is 0 Å². The second-order valence-corrected chi connectivity index (χ2v) is 0. The van der Waals surface area contributed by atoms with E-state index in [-0.39, 0.29) is 104 Å². The van der Waals surface area contributed by atoms with Crippen molar-refractivity contribution in [3.63, 3.8) is 0 Å². The topological polar surface area (TPSA) is 23.1 Å². The summed E-state index contributed by atoms with van der Waals surface area (Å²) < 4.78 is 0. The molecule has 0 heterocycles. The summed E-state index contributed by atoms with van der Waals surface area (Å²) in [5.41, 5.74) is 0. The minimum Gasteiger partial charge on any atom is -1.00 e. The summed E-state index contributed by atoms with van der Waals surface area (Å²) in [6.07, 6.45) is 0. The second-order valence-electron chi connectivity index (χ2n) is 0. The second kappa shape index (κ2) is 16.3. The fourth-order valence-corrected chi connectivity index (χ4v) is 0. The van der Waals surface area contributed by atoms with Crippen LogP contribution in [0.1, 0.15) is 1.43 Å². The third-order valence-electron chi connectivity index (χ3n) is 0. The molecule has 0 amide bonds. The van der Waals surface area contributed by atoms with Crippen molar-refractivity contribution in [2.24, 2.45) is 0 Å². The van der Waals surface area contributed by atoms with Crippen molar-refractivity contribution in [3.05, 3.63) is 0 Å². The molecule has 0 aromatic heterocycles. The van der Waals surface area contributed by atoms with Gasteiger partial charge in [-0.1, -0.05) is 0 Å². The van der Waals surface area contributed by atoms with Gasteiger partial charge in [-0.3, -0.25) is 0 Å². The summed E-state index contributed by atoms with van der Waals surface area (Å²) in [5.74, 6) is 0. The minimum atomic E-state index is 0. The SMILES string of the molecule is C[O-].[H-].[K+].[K+]. The van der Waals surface area contributed by atoms with E-state index in [4.69, 9.17) is 5.11 Å². The van der Waals surface area contributed by atoms with Crippen LogP contribution in [0.4, 0.5) is 0 Å². The van der Waals surface area contributed by atoms with Crippen molar-refractivity contribution in [1.29, 1.82) is 0 Å². The zero-order valence-electron chi connectivity index (χ0n) is 4.41. The van der Waals surface area contributed by atoms with E-state index in [0.29, 0.717) is 0 Å². The molecule has 0 radical (unpaired) electrons. The molecule has 4 heavy (non-hydrogen) atoms. The van der Waals surface area contributed by atoms with Crippen molar-refractivity contribution < 1.29 is 109 Å². The van der Waals surface area contributed by atoms with E-state index >= 15 is 0 Å². The number of hydrogen-bond donors (Lipinski definition) is 0. The maximum atomic E-state index is 8.25. The Morgan fingerprint density at radius 2 is 1.25 bits per heavy atom. The van der Waals surface area contributed by atoms with Crippen LogP contribution in [0.5, 0.6) is 0 Å². The van der Waals surface area contributed by atoms with E-state index in [9.17, 15) is 0 Å². The van der Waals surface area contributed by atoms with Crippen molar-refractivity contribution in [3.8, 4) is 0 Å². The van der Waals surface area contributed by atoms with Crippen LogP contribution in [0.3, 0.4) is 0 Å². The van der Waals surface area contributed by atoms with E-state index in [0.717, 1.165) is 7.11 Å². The zero-order valence-corrected chi connectivity index (χ0v) is 9.65. The number of rotatable bonds is 0. The predicted molar refractivity (Wildman–Crippen MR) is 7.04 cm³/mol. The van der Waals surface area contributed by atoms with E-state index in [1.165, 1.54) is 0 Å². The molecule has 0 unspecified atom stereocenters. The number of hydrogen-bond acceptors (Lipinski definition) is 1. The largest absolute Gasteiger partial charge is 1.00 e. The Hall–Kier alpha value is 3.23. The monoisotopic (exact) mass is 110 g/mol. The fraction of sp³-hybridized carbons (Fsp3) is 1.00. The minimum absolute atomic E-state index is 0. The molecule has 0 aliphatic rings. The molecule has 3 heteroatoms. The fourth-order valence-electron chi connectivity index (χ4n) is 0. The van der Waals surface area contributed by atoms with Gasteiger partial charge in [0.2, 0.25) is 0 Å². The summed E-state index contributed by atoms with van der Waals surface area (Å²) in [7, 11) is 0.750. The quantitative estimate of drug-likeness (QED) is 0.284. The predicted octanol–water partition coefficient (Wildman–Crippen LogP) is -6.90. The Bertz CT molecular complexity index is 9.61. The van der Waals surface area contributed by atoms with Gasteiger partial charge in [0.15, 0.2) is 0 Å². The van der Waals surface area contributed by atoms with Crippen LogP contribution in [0.2, 0.25) is 0 Å². The summed E-state index contributed by atoms with van der Waals surface area (Å²) >= 11 is 0. The van der Waals surface area contributed by atoms with Gasteiger partial charge < -0.3 is 6.53 Å². The Morgan fingerprint density at radius 1 is 1.25 bits per heavy atom. The van der Waals surface area contributed by atoms with Gasteiger partial charge in [0, 0.05) is 0 Å². The van der Waals surface area contributed by atoms with Gasteiger partial charge in [0.05, 0.1) is 0 Å². The van der Waals surface area contributed by atoms with Crippen LogP contribution in [0.25, 0.3) is 0 Å². The van der Waals surface area contributed by atoms with Crippen LogP contribution < -0.4 is 108 Å². The van der Waals surface area contributed by atoms with E-state index in [2.05, 4.69) is 0 Å². The Labute approximate surface area is 113 Å². The first-order valence-corrected chi connectivity index (χ1v) is 0.408. The molecule has 0 aromatic rings. The average molecular weight is 110 g/mol. The zero-order chi connectivity index (χ0) is 2.00. The van der Waals surface area contributed by atoms with Gasteiger partial charge in [0.25, 0.3) is 0 Å². The Kier molecular flexibility index (Phi) is 64.0. The molecule has 0 atom stereocenters. The van der Waals surface area contributed by atoms with Gasteiger partial charge in [-0.05, 0) is 0 Å². The first-order chi connectivity index (χ1) is 1.00. The van der Waals surface area contributed by atoms with Gasteiger partial charge >= 0.3 is 103 Å². The van der Waals surface area contributed by atoms with Gasteiger partial charge in [-0.2, -0.15) is 7.11 Å². The van der Waals surface area contributed by atoms with Gasteiger partial charge in [-0.15, -0.1) is 0 Å². The molecule has 0 N–H and O–H groups in total. The smallest absolute Gasteiger partial charge is 1.00 e. The molecule has 0 saturated heterocycles. The summed E-state index contributed by atoms with van der Waals surface area (Å²) in [6, 6.07) is 0. The first kappa shape index (κ1) is 15.7. The standard InChI is InChI=1S/CH3O.2K.H/c1-2;;;/h1H3;;;/q-1;2*+1;-1. The molecule has 1 nitrogen and oxygen atoms in total. The van der Waals surface area contributed by atoms with Gasteiger partial charge in [0.1, 0.15) is 0 Å². The molecule has 0 spiro atoms. The molecule has 0 aliphatic carbocycles. The molecule has 0 bridgehead atoms. The average Bonchev–Trinajstić information content (AvgIpc) is 1.00. The first-order valence-electron chi connectivity index (χ1n) is 0.408. The summed E-state index contributed by atoms with van der Waals surface area (Å²) in [4.78, 5) is 0. The molecule has 0 aliphatic heterocycles. The molecule has 0 aromatic carbocycles. The van der Waals surface area contributed by atoms with Crippen molar-refractivity contribution in [2.75, 3.05) is 7.11 Å². The van der Waals surface area contributed by atoms with Crippen molar-refractivity contribution >= 4 is 0 Å². The molecular weight excluding hydrogens is 106 g/mol. The molecule has 16 valence electrons. The normalized spacial score (nSPS) is 1.50. The third kappa shape index (κ3) is 8.97. The Morgan fingerprint density at radius 3 is 1.25 bits per heavy atom. The van der Waals surface area contributed by atoms with E-state index in [1.807, 2.05) is 0 Å². The van der Waals surface area contributed by atoms with E-state index < -0.39 is 0 Å². The molecular formula is CH4K2O. The van der Waals surface area contributed by atoms with Crippen molar-refractivity contribution in [1.82, 2.24) is 0 Å². The van der Waals surface area contributed by atoms with Crippen molar-refractivity contribution in [2.45, 2.75) is 0 Å². The maximum Gasteiger partial charge on any atom is 1.00 e. The Balaban J connectivity index is -0.00000000167. The molecule has 0 fully saturated rings. The van der Waals surface area contributed by atoms with Crippen LogP contribution in [0.15, 0.2) is 0 Å². The molecule has 0 saturated carbocycles. The maximum absolute atomic E-state index is 8.25. The van der Waals surface area contributed by atoms with Crippen LogP contribution in [-0.2, 0) is 0 Å². The van der Waals surface area contributed by atoms with E-state index in [1.54, 1.807) is 0 Å². The summed E-state index contributed by atoms with van der Waals surface area (Å²) in [6.45, 7) is 0. The van der Waals surface area contributed by atoms with Crippen LogP contribution in [0, 0.1) is 0 Å². The summed E-state index contributed by atoms with van der Waals surface area (Å²) in [5, 5.41) is 8.25. The molecule has 0 rings (SSSR count).